The zero-order valence-electron chi connectivity index (χ0n) is 22.9. The van der Waals surface area contributed by atoms with Gasteiger partial charge in [0.2, 0.25) is 0 Å². The minimum atomic E-state index is -3.55. The van der Waals surface area contributed by atoms with Crippen LogP contribution in [0.25, 0.3) is 22.3 Å². The molecule has 6 rings (SSSR count). The molecule has 5 aromatic rings. The number of halogens is 1. The fourth-order valence-corrected chi connectivity index (χ4v) is 5.99. The molecule has 1 aliphatic carbocycles. The van der Waals surface area contributed by atoms with Gasteiger partial charge in [0.05, 0.1) is 5.56 Å². The molecule has 2 aromatic heterocycles. The van der Waals surface area contributed by atoms with Crippen molar-refractivity contribution < 1.29 is 26.8 Å². The zero-order chi connectivity index (χ0) is 29.4. The number of carbonyl (C=O) groups excluding carboxylic acids is 1. The molecule has 1 aliphatic rings. The lowest BCUT2D eigenvalue weighted by atomic mass is 10.00. The summed E-state index contributed by atoms with van der Waals surface area (Å²) in [6.07, 6.45) is 6.25. The largest absolute Gasteiger partial charge is 0.457 e. The van der Waals surface area contributed by atoms with E-state index in [-0.39, 0.29) is 17.6 Å². The monoisotopic (exact) mass is 585 g/mol. The van der Waals surface area contributed by atoms with Crippen LogP contribution in [0.15, 0.2) is 89.6 Å². The number of anilines is 1. The van der Waals surface area contributed by atoms with E-state index in [2.05, 4.69) is 15.6 Å². The Morgan fingerprint density at radius 3 is 2.24 bits per heavy atom. The van der Waals surface area contributed by atoms with E-state index in [1.165, 1.54) is 30.5 Å². The summed E-state index contributed by atoms with van der Waals surface area (Å²) in [5, 5.41) is 5.62. The van der Waals surface area contributed by atoms with Crippen molar-refractivity contribution in [2.45, 2.75) is 24.1 Å². The summed E-state index contributed by atoms with van der Waals surface area (Å²) in [6.45, 7) is 0. The van der Waals surface area contributed by atoms with Crippen LogP contribution >= 0.6 is 0 Å². The van der Waals surface area contributed by atoms with Crippen molar-refractivity contribution in [1.29, 1.82) is 0 Å². The highest BCUT2D eigenvalue weighted by Crippen LogP contribution is 2.47. The molecule has 1 amide bonds. The maximum atomic E-state index is 13.2. The number of ether oxygens (including phenoxy) is 1. The summed E-state index contributed by atoms with van der Waals surface area (Å²) in [5.41, 5.74) is 3.65. The van der Waals surface area contributed by atoms with Gasteiger partial charge in [-0.3, -0.25) is 9.78 Å². The van der Waals surface area contributed by atoms with Gasteiger partial charge < -0.3 is 19.8 Å². The van der Waals surface area contributed by atoms with E-state index < -0.39 is 15.2 Å². The van der Waals surface area contributed by atoms with Gasteiger partial charge in [0.15, 0.2) is 15.2 Å². The maximum absolute atomic E-state index is 13.2. The highest BCUT2D eigenvalue weighted by molar-refractivity contribution is 7.91. The van der Waals surface area contributed by atoms with E-state index in [0.29, 0.717) is 50.6 Å². The number of hydrogen-bond donors (Lipinski definition) is 2. The van der Waals surface area contributed by atoms with Crippen LogP contribution in [0, 0.1) is 5.82 Å². The van der Waals surface area contributed by atoms with Crippen LogP contribution in [0.4, 0.5) is 10.1 Å². The van der Waals surface area contributed by atoms with Crippen molar-refractivity contribution in [3.63, 3.8) is 0 Å². The number of nitrogens with zero attached hydrogens (tertiary/aromatic N) is 1. The van der Waals surface area contributed by atoms with Gasteiger partial charge in [-0.05, 0) is 96.6 Å². The van der Waals surface area contributed by atoms with Gasteiger partial charge in [-0.2, -0.15) is 0 Å². The number of hydrogen-bond acceptors (Lipinski definition) is 7. The van der Waals surface area contributed by atoms with E-state index in [1.54, 1.807) is 61.9 Å². The predicted octanol–water partition coefficient (Wildman–Crippen LogP) is 6.82. The Kier molecular flexibility index (Phi) is 7.16. The van der Waals surface area contributed by atoms with E-state index in [1.807, 2.05) is 6.07 Å². The van der Waals surface area contributed by atoms with Gasteiger partial charge in [-0.15, -0.1) is 0 Å². The molecular formula is C32H28FN3O5S. The molecule has 2 heterocycles. The molecule has 1 fully saturated rings. The van der Waals surface area contributed by atoms with Crippen molar-refractivity contribution >= 4 is 32.4 Å². The summed E-state index contributed by atoms with van der Waals surface area (Å²) in [6, 6.07) is 19.8. The highest BCUT2D eigenvalue weighted by atomic mass is 32.2. The Hall–Kier alpha value is -4.70. The number of amides is 1. The first-order valence-corrected chi connectivity index (χ1v) is 15.4. The van der Waals surface area contributed by atoms with Crippen LogP contribution in [-0.2, 0) is 9.84 Å². The molecule has 42 heavy (non-hydrogen) atoms. The Bertz CT molecular complexity index is 1870. The summed E-state index contributed by atoms with van der Waals surface area (Å²) < 4.78 is 51.0. The average Bonchev–Trinajstić information content (AvgIpc) is 3.77. The van der Waals surface area contributed by atoms with E-state index in [4.69, 9.17) is 9.15 Å². The molecule has 1 unspecified atom stereocenters. The highest BCUT2D eigenvalue weighted by Gasteiger charge is 2.32. The minimum absolute atomic E-state index is 0.244. The Balaban J connectivity index is 1.41. The molecule has 3 aromatic carbocycles. The summed E-state index contributed by atoms with van der Waals surface area (Å²) >= 11 is 0. The third-order valence-electron chi connectivity index (χ3n) is 7.22. The Morgan fingerprint density at radius 1 is 1.00 bits per heavy atom. The number of carbonyl (C=O) groups is 1. The van der Waals surface area contributed by atoms with Crippen molar-refractivity contribution in [2.75, 3.05) is 18.6 Å². The molecule has 0 aliphatic heterocycles. The third-order valence-corrected chi connectivity index (χ3v) is 8.47. The number of pyridine rings is 1. The molecule has 0 bridgehead atoms. The van der Waals surface area contributed by atoms with E-state index in [0.717, 1.165) is 18.4 Å². The first kappa shape index (κ1) is 27.5. The van der Waals surface area contributed by atoms with Crippen LogP contribution in [0.2, 0.25) is 0 Å². The van der Waals surface area contributed by atoms with Crippen molar-refractivity contribution in [3.8, 4) is 22.8 Å². The minimum Gasteiger partial charge on any atom is -0.457 e. The van der Waals surface area contributed by atoms with Gasteiger partial charge in [0, 0.05) is 48.4 Å². The van der Waals surface area contributed by atoms with Crippen LogP contribution in [0.1, 0.15) is 45.6 Å². The van der Waals surface area contributed by atoms with Crippen LogP contribution in [0.3, 0.4) is 0 Å². The number of fused-ring (bicyclic) bond motifs is 1. The zero-order valence-corrected chi connectivity index (χ0v) is 23.7. The van der Waals surface area contributed by atoms with Gasteiger partial charge >= 0.3 is 0 Å². The Morgan fingerprint density at radius 2 is 1.64 bits per heavy atom. The van der Waals surface area contributed by atoms with Crippen molar-refractivity contribution in [1.82, 2.24) is 10.3 Å². The lowest BCUT2D eigenvalue weighted by molar-refractivity contribution is 0.0964. The van der Waals surface area contributed by atoms with E-state index >= 15 is 0 Å². The molecular weight excluding hydrogens is 557 g/mol. The van der Waals surface area contributed by atoms with Gasteiger partial charge in [0.25, 0.3) is 5.91 Å². The molecule has 0 spiro atoms. The topological polar surface area (TPSA) is 111 Å². The SMILES string of the molecule is CNC(=O)c1c(-c2ccc(Oc3ccc(F)cc3)cc2)oc2cc(NC(c3ccncc3)S(C)(=O)=O)c(C3CC3)cc12. The van der Waals surface area contributed by atoms with Crippen LogP contribution < -0.4 is 15.4 Å². The molecule has 0 saturated heterocycles. The first-order chi connectivity index (χ1) is 20.2. The number of aromatic nitrogens is 1. The predicted molar refractivity (Wildman–Crippen MR) is 159 cm³/mol. The molecule has 2 N–H and O–H groups in total. The van der Waals surface area contributed by atoms with Crippen LogP contribution in [0.5, 0.6) is 11.5 Å². The summed E-state index contributed by atoms with van der Waals surface area (Å²) in [7, 11) is -1.98. The van der Waals surface area contributed by atoms with Gasteiger partial charge in [0.1, 0.15) is 28.7 Å². The number of nitrogens with one attached hydrogen (secondary N) is 2. The molecule has 10 heteroatoms. The fraction of sp³-hybridized carbons (Fsp3) is 0.188. The van der Waals surface area contributed by atoms with Crippen LogP contribution in [-0.4, -0.2) is 32.6 Å². The average molecular weight is 586 g/mol. The Labute approximate surface area is 242 Å². The fourth-order valence-electron chi connectivity index (χ4n) is 5.00. The second kappa shape index (κ2) is 10.9. The first-order valence-electron chi connectivity index (χ1n) is 13.4. The summed E-state index contributed by atoms with van der Waals surface area (Å²) in [5.74, 6) is 0.998. The maximum Gasteiger partial charge on any atom is 0.255 e. The standard InChI is InChI=1S/C32H28FN3O5S/c1-34-31(37)29-26-17-25(19-3-4-19)27(36-32(42(2,38)39)21-13-15-35-16-14-21)18-28(26)41-30(29)20-5-9-23(10-6-20)40-24-11-7-22(33)8-12-24/h5-19,32,36H,3-4H2,1-2H3,(H,34,37). The molecule has 1 saturated carbocycles. The molecule has 0 radical (unpaired) electrons. The van der Waals surface area contributed by atoms with Crippen molar-refractivity contribution in [3.05, 3.63) is 108 Å². The molecule has 1 atom stereocenters. The second-order valence-electron chi connectivity index (χ2n) is 10.3. The third kappa shape index (κ3) is 5.58. The van der Waals surface area contributed by atoms with Crippen molar-refractivity contribution in [2.24, 2.45) is 0 Å². The molecule has 8 nitrogen and oxygen atoms in total. The number of rotatable bonds is 9. The number of benzene rings is 3. The van der Waals surface area contributed by atoms with Gasteiger partial charge in [-0.25, -0.2) is 12.8 Å². The van der Waals surface area contributed by atoms with Gasteiger partial charge in [-0.1, -0.05) is 0 Å². The lowest BCUT2D eigenvalue weighted by Gasteiger charge is -2.21. The summed E-state index contributed by atoms with van der Waals surface area (Å²) in [4.78, 5) is 17.2. The lowest BCUT2D eigenvalue weighted by Crippen LogP contribution is -2.21. The molecule has 214 valence electrons. The smallest absolute Gasteiger partial charge is 0.255 e. The number of sulfone groups is 1. The number of furan rings is 1. The quantitative estimate of drug-likeness (QED) is 0.195. The van der Waals surface area contributed by atoms with E-state index in [9.17, 15) is 17.6 Å². The normalized spacial score (nSPS) is 14.0. The second-order valence-corrected chi connectivity index (χ2v) is 12.4.